The summed E-state index contributed by atoms with van der Waals surface area (Å²) in [5, 5.41) is 33.9. The number of rotatable bonds is 10. The van der Waals surface area contributed by atoms with Crippen molar-refractivity contribution in [2.45, 2.75) is 56.5 Å². The monoisotopic (exact) mass is 482 g/mol. The number of hydrogen-bond acceptors (Lipinski definition) is 8. The van der Waals surface area contributed by atoms with Crippen molar-refractivity contribution in [3.05, 3.63) is 29.8 Å². The molecule has 182 valence electrons. The lowest BCUT2D eigenvalue weighted by molar-refractivity contribution is -0.149. The minimum Gasteiger partial charge on any atom is -0.508 e. The van der Waals surface area contributed by atoms with Crippen molar-refractivity contribution in [3.8, 4) is 5.75 Å². The minimum absolute atomic E-state index is 0.00429. The molecule has 1 heterocycles. The highest BCUT2D eigenvalue weighted by atomic mass is 32.1. The lowest BCUT2D eigenvalue weighted by Gasteiger charge is -2.29. The van der Waals surface area contributed by atoms with Gasteiger partial charge in [-0.15, -0.1) is 0 Å². The number of benzene rings is 1. The molecular weight excluding hydrogens is 452 g/mol. The van der Waals surface area contributed by atoms with Crippen LogP contribution in [0.1, 0.15) is 25.3 Å². The zero-order valence-corrected chi connectivity index (χ0v) is 19.1. The number of nitrogens with two attached hydrogens (primary N) is 1. The number of aliphatic carboxylic acids is 1. The Morgan fingerprint density at radius 2 is 1.82 bits per heavy atom. The third-order valence-electron chi connectivity index (χ3n) is 5.41. The molecule has 5 unspecified atom stereocenters. The molecule has 1 saturated heterocycles. The number of hydrogen-bond donors (Lipinski definition) is 7. The largest absolute Gasteiger partial charge is 0.508 e. The quantitative estimate of drug-likeness (QED) is 0.199. The van der Waals surface area contributed by atoms with Crippen LogP contribution >= 0.6 is 12.6 Å². The van der Waals surface area contributed by atoms with E-state index in [0.29, 0.717) is 18.4 Å². The molecule has 1 aliphatic heterocycles. The molecule has 5 atom stereocenters. The van der Waals surface area contributed by atoms with E-state index in [-0.39, 0.29) is 24.5 Å². The molecule has 12 heteroatoms. The Labute approximate surface area is 196 Å². The first-order valence-corrected chi connectivity index (χ1v) is 11.1. The molecule has 0 aromatic heterocycles. The van der Waals surface area contributed by atoms with Crippen LogP contribution in [-0.4, -0.2) is 86.5 Å². The number of aromatic hydroxyl groups is 1. The van der Waals surface area contributed by atoms with E-state index in [9.17, 15) is 34.5 Å². The summed E-state index contributed by atoms with van der Waals surface area (Å²) in [6.07, 6.45) is -0.487. The Balaban J connectivity index is 2.26. The second-order valence-corrected chi connectivity index (χ2v) is 8.34. The van der Waals surface area contributed by atoms with E-state index in [2.05, 4.69) is 23.3 Å². The molecule has 1 aromatic carbocycles. The molecule has 0 spiro atoms. The van der Waals surface area contributed by atoms with E-state index >= 15 is 0 Å². The van der Waals surface area contributed by atoms with Crippen LogP contribution in [0, 0.1) is 0 Å². The molecule has 11 nitrogen and oxygen atoms in total. The van der Waals surface area contributed by atoms with E-state index in [1.807, 2.05) is 0 Å². The highest BCUT2D eigenvalue weighted by Crippen LogP contribution is 2.20. The number of nitrogens with zero attached hydrogens (tertiary/aromatic N) is 1. The molecule has 3 amide bonds. The second kappa shape index (κ2) is 11.9. The summed E-state index contributed by atoms with van der Waals surface area (Å²) in [6, 6.07) is 1.42. The number of aliphatic hydroxyl groups excluding tert-OH is 1. The summed E-state index contributed by atoms with van der Waals surface area (Å²) in [5.74, 6) is -3.21. The fourth-order valence-electron chi connectivity index (χ4n) is 3.57. The van der Waals surface area contributed by atoms with Gasteiger partial charge in [0, 0.05) is 18.7 Å². The van der Waals surface area contributed by atoms with E-state index in [1.54, 1.807) is 12.1 Å². The fraction of sp³-hybridized carbons (Fsp3) is 0.524. The van der Waals surface area contributed by atoms with Crippen LogP contribution in [0.2, 0.25) is 0 Å². The van der Waals surface area contributed by atoms with Gasteiger partial charge >= 0.3 is 5.97 Å². The molecule has 2 rings (SSSR count). The number of phenols is 1. The average molecular weight is 483 g/mol. The number of thiol groups is 1. The minimum atomic E-state index is -1.40. The predicted octanol–water partition coefficient (Wildman–Crippen LogP) is -1.38. The Hall–Kier alpha value is -2.83. The number of likely N-dealkylation sites (tertiary alicyclic amines) is 1. The first-order valence-electron chi connectivity index (χ1n) is 10.5. The van der Waals surface area contributed by atoms with Crippen LogP contribution < -0.4 is 16.4 Å². The normalized spacial score (nSPS) is 19.3. The third kappa shape index (κ3) is 7.07. The van der Waals surface area contributed by atoms with Crippen LogP contribution in [0.15, 0.2) is 24.3 Å². The molecule has 0 saturated carbocycles. The van der Waals surface area contributed by atoms with Gasteiger partial charge in [0.05, 0.1) is 12.1 Å². The topological polar surface area (TPSA) is 182 Å². The van der Waals surface area contributed by atoms with Crippen LogP contribution in [-0.2, 0) is 25.6 Å². The van der Waals surface area contributed by atoms with Crippen molar-refractivity contribution in [2.24, 2.45) is 5.73 Å². The number of carbonyl (C=O) groups is 4. The standard InChI is InChI=1S/C21H30N4O7S/c1-11(26)17(24-18(28)14(22)10-33)19(29)23-15(9-12-4-6-13(27)7-5-12)20(30)25-8-2-3-16(25)21(31)32/h4-7,11,14-17,26-27,33H,2-3,8-10,22H2,1H3,(H,23,29)(H,24,28)(H,31,32). The lowest BCUT2D eigenvalue weighted by atomic mass is 10.0. The molecule has 1 fully saturated rings. The molecule has 0 radical (unpaired) electrons. The molecule has 1 aliphatic rings. The van der Waals surface area contributed by atoms with Gasteiger partial charge in [0.25, 0.3) is 0 Å². The highest BCUT2D eigenvalue weighted by molar-refractivity contribution is 7.80. The van der Waals surface area contributed by atoms with Crippen molar-refractivity contribution in [1.82, 2.24) is 15.5 Å². The van der Waals surface area contributed by atoms with Gasteiger partial charge in [0.2, 0.25) is 17.7 Å². The van der Waals surface area contributed by atoms with Gasteiger partial charge in [-0.1, -0.05) is 12.1 Å². The van der Waals surface area contributed by atoms with E-state index in [1.165, 1.54) is 24.0 Å². The summed E-state index contributed by atoms with van der Waals surface area (Å²) in [5.41, 5.74) is 6.22. The van der Waals surface area contributed by atoms with Gasteiger partial charge in [-0.2, -0.15) is 12.6 Å². The van der Waals surface area contributed by atoms with Crippen molar-refractivity contribution >= 4 is 36.3 Å². The van der Waals surface area contributed by atoms with Gasteiger partial charge in [0.1, 0.15) is 23.9 Å². The maximum atomic E-state index is 13.3. The van der Waals surface area contributed by atoms with E-state index in [0.717, 1.165) is 0 Å². The number of amides is 3. The summed E-state index contributed by atoms with van der Waals surface area (Å²) >= 11 is 3.94. The number of carboxylic acid groups (broad SMARTS) is 1. The first kappa shape index (κ1) is 26.4. The number of aliphatic hydroxyl groups is 1. The molecule has 1 aromatic rings. The lowest BCUT2D eigenvalue weighted by Crippen LogP contribution is -2.60. The van der Waals surface area contributed by atoms with Crippen molar-refractivity contribution in [3.63, 3.8) is 0 Å². The summed E-state index contributed by atoms with van der Waals surface area (Å²) in [6.45, 7) is 1.53. The first-order chi connectivity index (χ1) is 15.5. The van der Waals surface area contributed by atoms with E-state index in [4.69, 9.17) is 5.73 Å². The number of carbonyl (C=O) groups excluding carboxylic acids is 3. The maximum Gasteiger partial charge on any atom is 0.326 e. The zero-order chi connectivity index (χ0) is 24.7. The average Bonchev–Trinajstić information content (AvgIpc) is 3.27. The van der Waals surface area contributed by atoms with Crippen LogP contribution in [0.4, 0.5) is 0 Å². The van der Waals surface area contributed by atoms with Crippen molar-refractivity contribution in [1.29, 1.82) is 0 Å². The van der Waals surface area contributed by atoms with Crippen LogP contribution in [0.25, 0.3) is 0 Å². The molecule has 0 aliphatic carbocycles. The Morgan fingerprint density at radius 3 is 2.36 bits per heavy atom. The number of nitrogens with one attached hydrogen (secondary N) is 2. The second-order valence-electron chi connectivity index (χ2n) is 7.98. The Bertz CT molecular complexity index is 865. The van der Waals surface area contributed by atoms with Gasteiger partial charge < -0.3 is 36.6 Å². The summed E-state index contributed by atoms with van der Waals surface area (Å²) < 4.78 is 0. The molecule has 7 N–H and O–H groups in total. The zero-order valence-electron chi connectivity index (χ0n) is 18.2. The van der Waals surface area contributed by atoms with Gasteiger partial charge in [-0.3, -0.25) is 14.4 Å². The summed E-state index contributed by atoms with van der Waals surface area (Å²) in [7, 11) is 0. The van der Waals surface area contributed by atoms with Gasteiger partial charge in [0.15, 0.2) is 0 Å². The Morgan fingerprint density at radius 1 is 1.18 bits per heavy atom. The van der Waals surface area contributed by atoms with Crippen molar-refractivity contribution < 1.29 is 34.5 Å². The third-order valence-corrected chi connectivity index (χ3v) is 5.80. The molecule has 0 bridgehead atoms. The smallest absolute Gasteiger partial charge is 0.326 e. The predicted molar refractivity (Wildman–Crippen MR) is 122 cm³/mol. The van der Waals surface area contributed by atoms with Gasteiger partial charge in [-0.05, 0) is 37.5 Å². The van der Waals surface area contributed by atoms with E-state index < -0.39 is 54.0 Å². The van der Waals surface area contributed by atoms with Gasteiger partial charge in [-0.25, -0.2) is 4.79 Å². The number of carboxylic acids is 1. The molecular formula is C21H30N4O7S. The number of phenolic OH excluding ortho intramolecular Hbond substituents is 1. The SMILES string of the molecule is CC(O)C(NC(=O)C(N)CS)C(=O)NC(Cc1ccc(O)cc1)C(=O)N1CCCC1C(=O)O. The van der Waals surface area contributed by atoms with Crippen LogP contribution in [0.5, 0.6) is 5.75 Å². The maximum absolute atomic E-state index is 13.3. The van der Waals surface area contributed by atoms with Crippen LogP contribution in [0.3, 0.4) is 0 Å². The highest BCUT2D eigenvalue weighted by Gasteiger charge is 2.39. The summed E-state index contributed by atoms with van der Waals surface area (Å²) in [4.78, 5) is 51.1. The Kier molecular flexibility index (Phi) is 9.50. The fourth-order valence-corrected chi connectivity index (χ4v) is 3.73. The molecule has 33 heavy (non-hydrogen) atoms. The van der Waals surface area contributed by atoms with Crippen molar-refractivity contribution in [2.75, 3.05) is 12.3 Å².